The number of alkyl halides is 3. The molecular weight excluding hydrogens is 538 g/mol. The number of carboxylic acid groups (broad SMARTS) is 1. The second-order valence-electron chi connectivity index (χ2n) is 9.88. The molecule has 0 atom stereocenters. The van der Waals surface area contributed by atoms with E-state index in [0.717, 1.165) is 44.9 Å². The molecule has 0 saturated heterocycles. The van der Waals surface area contributed by atoms with Crippen molar-refractivity contribution in [1.82, 2.24) is 5.32 Å². The topological polar surface area (TPSA) is 75.6 Å². The van der Waals surface area contributed by atoms with Crippen LogP contribution in [0.15, 0.2) is 91.0 Å². The van der Waals surface area contributed by atoms with Gasteiger partial charge in [-0.3, -0.25) is 0 Å². The monoisotopic (exact) mass is 575 g/mol. The molecule has 0 aliphatic heterocycles. The summed E-state index contributed by atoms with van der Waals surface area (Å²) in [6.07, 6.45) is 0.999. The fourth-order valence-electron chi connectivity index (χ4n) is 5.30. The maximum absolute atomic E-state index is 13.9. The number of rotatable bonds is 15. The summed E-state index contributed by atoms with van der Waals surface area (Å²) in [7, 11) is 0. The van der Waals surface area contributed by atoms with E-state index in [4.69, 9.17) is 9.63 Å². The number of hydrogen-bond acceptors (Lipinski definition) is 3. The summed E-state index contributed by atoms with van der Waals surface area (Å²) in [4.78, 5) is 23.3. The quantitative estimate of drug-likeness (QED) is 0.152. The number of carbonyl (C=O) groups excluding carboxylic acids is 1. The van der Waals surface area contributed by atoms with E-state index in [1.54, 1.807) is 91.0 Å². The van der Waals surface area contributed by atoms with Crippen molar-refractivity contribution in [3.05, 3.63) is 91.0 Å². The summed E-state index contributed by atoms with van der Waals surface area (Å²) in [5.41, 5.74) is 0. The van der Waals surface area contributed by atoms with Crippen molar-refractivity contribution in [1.29, 1.82) is 0 Å². The minimum absolute atomic E-state index is 0.256. The molecule has 0 aromatic heterocycles. The number of halogens is 3. The molecule has 40 heavy (non-hydrogen) atoms. The van der Waals surface area contributed by atoms with Gasteiger partial charge < -0.3 is 5.11 Å². The molecule has 0 heterocycles. The molecule has 5 nitrogen and oxygen atoms in total. The first-order valence-corrected chi connectivity index (χ1v) is 16.0. The Bertz CT molecular complexity index is 1110. The normalized spacial score (nSPS) is 12.7. The zero-order chi connectivity index (χ0) is 28.9. The van der Waals surface area contributed by atoms with Crippen LogP contribution in [-0.4, -0.2) is 36.1 Å². The van der Waals surface area contributed by atoms with Gasteiger partial charge in [-0.2, -0.15) is 0 Å². The second kappa shape index (κ2) is 14.3. The van der Waals surface area contributed by atoms with E-state index in [0.29, 0.717) is 28.9 Å². The molecule has 9 heteroatoms. The molecule has 0 unspecified atom stereocenters. The predicted octanol–water partition coefficient (Wildman–Crippen LogP) is 6.93. The molecule has 0 aliphatic rings. The van der Waals surface area contributed by atoms with Gasteiger partial charge in [0, 0.05) is 0 Å². The van der Waals surface area contributed by atoms with E-state index < -0.39 is 25.1 Å². The standard InChI is InChI=1S/C31H37F3NO4P/c32-31(33,34)29(36)39-40(26-18-10-7-11-19-26,27-20-12-8-13-21-27,28-22-14-9-15-23-28)25-17-6-4-2-1-3-5-16-24-35-30(37)38/h7-15,18-23,35H,1-6,16-17,24-25H2,(H,37,38). The van der Waals surface area contributed by atoms with Crippen molar-refractivity contribution in [3.63, 3.8) is 0 Å². The van der Waals surface area contributed by atoms with Crippen molar-refractivity contribution in [3.8, 4) is 0 Å². The Kier molecular flexibility index (Phi) is 11.1. The van der Waals surface area contributed by atoms with Gasteiger partial charge in [0.1, 0.15) is 0 Å². The van der Waals surface area contributed by atoms with E-state index in [-0.39, 0.29) is 6.16 Å². The summed E-state index contributed by atoms with van der Waals surface area (Å²) in [5, 5.41) is 12.7. The van der Waals surface area contributed by atoms with E-state index >= 15 is 0 Å². The Hall–Kier alpha value is -3.38. The van der Waals surface area contributed by atoms with Crippen molar-refractivity contribution in [2.75, 3.05) is 12.7 Å². The molecule has 0 spiro atoms. The molecule has 3 aromatic rings. The molecule has 3 rings (SSSR count). The summed E-state index contributed by atoms with van der Waals surface area (Å²) >= 11 is 0. The van der Waals surface area contributed by atoms with Gasteiger partial charge in [0.15, 0.2) is 0 Å². The number of amides is 1. The van der Waals surface area contributed by atoms with Crippen LogP contribution in [0.1, 0.15) is 51.4 Å². The van der Waals surface area contributed by atoms with Crippen LogP contribution in [0.2, 0.25) is 0 Å². The van der Waals surface area contributed by atoms with Gasteiger partial charge in [-0.25, -0.2) is 4.79 Å². The number of benzene rings is 3. The Morgan fingerprint density at radius 1 is 0.650 bits per heavy atom. The van der Waals surface area contributed by atoms with E-state index in [1.807, 2.05) is 0 Å². The fourth-order valence-corrected chi connectivity index (χ4v) is 11.1. The van der Waals surface area contributed by atoms with Gasteiger partial charge >= 0.3 is 224 Å². The van der Waals surface area contributed by atoms with Gasteiger partial charge in [0.05, 0.1) is 0 Å². The first kappa shape index (κ1) is 31.2. The van der Waals surface area contributed by atoms with Crippen molar-refractivity contribution in [2.24, 2.45) is 0 Å². The van der Waals surface area contributed by atoms with Gasteiger partial charge in [0.2, 0.25) is 0 Å². The maximum atomic E-state index is 13.9. The summed E-state index contributed by atoms with van der Waals surface area (Å²) in [6.45, 7) is -3.96. The van der Waals surface area contributed by atoms with Gasteiger partial charge in [-0.05, 0) is 0 Å². The third-order valence-electron chi connectivity index (χ3n) is 7.21. The first-order valence-electron chi connectivity index (χ1n) is 13.7. The summed E-state index contributed by atoms with van der Waals surface area (Å²) in [6, 6.07) is 26.7. The van der Waals surface area contributed by atoms with Crippen molar-refractivity contribution >= 4 is 34.8 Å². The van der Waals surface area contributed by atoms with Crippen LogP contribution in [0.5, 0.6) is 0 Å². The van der Waals surface area contributed by atoms with Crippen LogP contribution >= 0.6 is 6.83 Å². The molecule has 0 radical (unpaired) electrons. The molecule has 216 valence electrons. The molecule has 0 fully saturated rings. The number of unbranched alkanes of at least 4 members (excludes halogenated alkanes) is 7. The van der Waals surface area contributed by atoms with Crippen LogP contribution in [0.25, 0.3) is 0 Å². The summed E-state index contributed by atoms with van der Waals surface area (Å²) in [5.74, 6) is -2.18. The van der Waals surface area contributed by atoms with Gasteiger partial charge in [-0.15, -0.1) is 0 Å². The molecule has 0 aliphatic carbocycles. The Labute approximate surface area is 233 Å². The molecular formula is C31H37F3NO4P. The SMILES string of the molecule is O=C(O)NCCCCCCCCCCP(OC(=O)C(F)(F)F)(c1ccccc1)(c1ccccc1)c1ccccc1. The van der Waals surface area contributed by atoms with E-state index in [9.17, 15) is 22.8 Å². The van der Waals surface area contributed by atoms with E-state index in [2.05, 4.69) is 5.32 Å². The van der Waals surface area contributed by atoms with Crippen LogP contribution in [0, 0.1) is 0 Å². The minimum atomic E-state index is -5.15. The first-order chi connectivity index (χ1) is 19.2. The molecule has 2 N–H and O–H groups in total. The number of hydrogen-bond donors (Lipinski definition) is 2. The molecule has 3 aromatic carbocycles. The molecule has 0 bridgehead atoms. The Balaban J connectivity index is 1.91. The van der Waals surface area contributed by atoms with Crippen molar-refractivity contribution < 1.29 is 32.4 Å². The Morgan fingerprint density at radius 2 is 1.02 bits per heavy atom. The molecule has 1 amide bonds. The van der Waals surface area contributed by atoms with Crippen molar-refractivity contribution in [2.45, 2.75) is 57.5 Å². The zero-order valence-electron chi connectivity index (χ0n) is 22.5. The van der Waals surface area contributed by atoms with Gasteiger partial charge in [-0.1, -0.05) is 0 Å². The average Bonchev–Trinajstić information content (AvgIpc) is 2.96. The third-order valence-corrected chi connectivity index (χ3v) is 13.1. The fraction of sp³-hybridized carbons (Fsp3) is 0.355. The second-order valence-corrected chi connectivity index (χ2v) is 14.5. The van der Waals surface area contributed by atoms with E-state index in [1.165, 1.54) is 0 Å². The predicted molar refractivity (Wildman–Crippen MR) is 155 cm³/mol. The van der Waals surface area contributed by atoms with Crippen LogP contribution in [-0.2, 0) is 9.32 Å². The third kappa shape index (κ3) is 7.42. The molecule has 0 saturated carbocycles. The van der Waals surface area contributed by atoms with Gasteiger partial charge in [0.25, 0.3) is 0 Å². The summed E-state index contributed by atoms with van der Waals surface area (Å²) < 4.78 is 47.6. The van der Waals surface area contributed by atoms with Crippen LogP contribution in [0.4, 0.5) is 18.0 Å². The number of nitrogens with one attached hydrogen (secondary N) is 1. The zero-order valence-corrected chi connectivity index (χ0v) is 23.4. The Morgan fingerprint density at radius 3 is 1.40 bits per heavy atom. The average molecular weight is 576 g/mol. The van der Waals surface area contributed by atoms with Crippen LogP contribution < -0.4 is 21.2 Å². The number of carbonyl (C=O) groups is 2. The van der Waals surface area contributed by atoms with Crippen LogP contribution in [0.3, 0.4) is 0 Å².